The molecule has 24 heavy (non-hydrogen) atoms. The second kappa shape index (κ2) is 7.79. The Morgan fingerprint density at radius 3 is 2.71 bits per heavy atom. The lowest BCUT2D eigenvalue weighted by Crippen LogP contribution is -2.47. The molecule has 0 aliphatic carbocycles. The number of amides is 2. The van der Waals surface area contributed by atoms with Crippen molar-refractivity contribution in [2.24, 2.45) is 0 Å². The van der Waals surface area contributed by atoms with Crippen LogP contribution in [0.1, 0.15) is 36.8 Å². The Morgan fingerprint density at radius 1 is 1.29 bits per heavy atom. The van der Waals surface area contributed by atoms with Gasteiger partial charge in [0, 0.05) is 26.1 Å². The van der Waals surface area contributed by atoms with Crippen molar-refractivity contribution in [3.8, 4) is 0 Å². The summed E-state index contributed by atoms with van der Waals surface area (Å²) in [6, 6.07) is 8.05. The molecule has 2 aliphatic heterocycles. The van der Waals surface area contributed by atoms with Gasteiger partial charge in [-0.1, -0.05) is 29.8 Å². The number of hydrogen-bond acceptors (Lipinski definition) is 3. The maximum atomic E-state index is 12.8. The van der Waals surface area contributed by atoms with Crippen LogP contribution < -0.4 is 5.32 Å². The average Bonchev–Trinajstić information content (AvgIpc) is 3.24. The lowest BCUT2D eigenvalue weighted by molar-refractivity contribution is -0.135. The first-order valence-electron chi connectivity index (χ1n) is 8.87. The number of hydrogen-bond donors (Lipinski definition) is 1. The van der Waals surface area contributed by atoms with E-state index in [1.807, 2.05) is 4.90 Å². The summed E-state index contributed by atoms with van der Waals surface area (Å²) in [6.07, 6.45) is 4.06. The highest BCUT2D eigenvalue weighted by Crippen LogP contribution is 2.17. The first kappa shape index (κ1) is 17.0. The quantitative estimate of drug-likeness (QED) is 0.866. The van der Waals surface area contributed by atoms with Crippen LogP contribution in [0.15, 0.2) is 24.3 Å². The molecule has 130 valence electrons. The molecule has 1 aromatic rings. The van der Waals surface area contributed by atoms with Crippen LogP contribution in [0.2, 0.25) is 0 Å². The van der Waals surface area contributed by atoms with Gasteiger partial charge in [0.25, 0.3) is 0 Å². The summed E-state index contributed by atoms with van der Waals surface area (Å²) >= 11 is 0. The molecular formula is C19H26N2O3. The Balaban J connectivity index is 1.62. The van der Waals surface area contributed by atoms with E-state index in [0.717, 1.165) is 25.9 Å². The van der Waals surface area contributed by atoms with E-state index in [0.29, 0.717) is 25.9 Å². The SMILES string of the molecule is Cc1ccc(CCN(CC2CCCO2)C(=O)[C@H]2CCC(=O)N2)cc1. The molecule has 2 saturated heterocycles. The molecule has 5 nitrogen and oxygen atoms in total. The van der Waals surface area contributed by atoms with Crippen LogP contribution in [0.4, 0.5) is 0 Å². The molecule has 0 radical (unpaired) electrons. The number of carbonyl (C=O) groups excluding carboxylic acids is 2. The van der Waals surface area contributed by atoms with Crippen molar-refractivity contribution in [2.45, 2.75) is 51.2 Å². The summed E-state index contributed by atoms with van der Waals surface area (Å²) in [6.45, 7) is 4.13. The van der Waals surface area contributed by atoms with Gasteiger partial charge in [0.2, 0.25) is 11.8 Å². The first-order valence-corrected chi connectivity index (χ1v) is 8.87. The smallest absolute Gasteiger partial charge is 0.245 e. The third-order valence-electron chi connectivity index (χ3n) is 4.84. The van der Waals surface area contributed by atoms with Gasteiger partial charge in [-0.25, -0.2) is 0 Å². The van der Waals surface area contributed by atoms with Crippen molar-refractivity contribution >= 4 is 11.8 Å². The molecule has 1 aromatic carbocycles. The molecule has 5 heteroatoms. The molecule has 0 saturated carbocycles. The Hall–Kier alpha value is -1.88. The van der Waals surface area contributed by atoms with E-state index in [2.05, 4.69) is 36.5 Å². The Bertz CT molecular complexity index is 579. The lowest BCUT2D eigenvalue weighted by atomic mass is 10.1. The maximum absolute atomic E-state index is 12.8. The van der Waals surface area contributed by atoms with Crippen LogP contribution in [0.3, 0.4) is 0 Å². The van der Waals surface area contributed by atoms with Crippen LogP contribution in [0.25, 0.3) is 0 Å². The van der Waals surface area contributed by atoms with Crippen LogP contribution in [0.5, 0.6) is 0 Å². The minimum absolute atomic E-state index is 0.0241. The molecule has 2 amide bonds. The first-order chi connectivity index (χ1) is 11.6. The minimum Gasteiger partial charge on any atom is -0.376 e. The third-order valence-corrected chi connectivity index (χ3v) is 4.84. The van der Waals surface area contributed by atoms with Crippen molar-refractivity contribution in [1.29, 1.82) is 0 Å². The van der Waals surface area contributed by atoms with Gasteiger partial charge in [0.05, 0.1) is 6.10 Å². The normalized spacial score (nSPS) is 23.3. The maximum Gasteiger partial charge on any atom is 0.245 e. The molecule has 0 aromatic heterocycles. The predicted molar refractivity (Wildman–Crippen MR) is 91.6 cm³/mol. The lowest BCUT2D eigenvalue weighted by Gasteiger charge is -2.28. The van der Waals surface area contributed by atoms with Gasteiger partial charge in [-0.05, 0) is 38.2 Å². The molecule has 1 N–H and O–H groups in total. The van der Waals surface area contributed by atoms with E-state index in [4.69, 9.17) is 4.74 Å². The Morgan fingerprint density at radius 2 is 2.08 bits per heavy atom. The molecule has 2 heterocycles. The van der Waals surface area contributed by atoms with Crippen LogP contribution in [-0.2, 0) is 20.7 Å². The highest BCUT2D eigenvalue weighted by atomic mass is 16.5. The molecule has 2 atom stereocenters. The highest BCUT2D eigenvalue weighted by Gasteiger charge is 2.32. The summed E-state index contributed by atoms with van der Waals surface area (Å²) in [4.78, 5) is 26.1. The minimum atomic E-state index is -0.364. The Labute approximate surface area is 143 Å². The summed E-state index contributed by atoms with van der Waals surface area (Å²) in [7, 11) is 0. The van der Waals surface area contributed by atoms with Gasteiger partial charge < -0.3 is 15.0 Å². The predicted octanol–water partition coefficient (Wildman–Crippen LogP) is 1.82. The second-order valence-corrected chi connectivity index (χ2v) is 6.81. The van der Waals surface area contributed by atoms with Crippen molar-refractivity contribution < 1.29 is 14.3 Å². The van der Waals surface area contributed by atoms with Crippen LogP contribution >= 0.6 is 0 Å². The van der Waals surface area contributed by atoms with Crippen molar-refractivity contribution in [1.82, 2.24) is 10.2 Å². The number of benzene rings is 1. The fraction of sp³-hybridized carbons (Fsp3) is 0.579. The molecule has 1 unspecified atom stereocenters. The molecule has 2 fully saturated rings. The van der Waals surface area contributed by atoms with Crippen molar-refractivity contribution in [3.05, 3.63) is 35.4 Å². The zero-order valence-electron chi connectivity index (χ0n) is 14.3. The zero-order chi connectivity index (χ0) is 16.9. The fourth-order valence-electron chi connectivity index (χ4n) is 3.36. The topological polar surface area (TPSA) is 58.6 Å². The molecular weight excluding hydrogens is 304 g/mol. The Kier molecular flexibility index (Phi) is 5.51. The molecule has 0 spiro atoms. The zero-order valence-corrected chi connectivity index (χ0v) is 14.3. The summed E-state index contributed by atoms with van der Waals surface area (Å²) in [5.74, 6) is 0.00686. The number of carbonyl (C=O) groups is 2. The largest absolute Gasteiger partial charge is 0.376 e. The van der Waals surface area contributed by atoms with Crippen molar-refractivity contribution in [3.63, 3.8) is 0 Å². The van der Waals surface area contributed by atoms with Gasteiger partial charge in [-0.15, -0.1) is 0 Å². The van der Waals surface area contributed by atoms with E-state index in [9.17, 15) is 9.59 Å². The second-order valence-electron chi connectivity index (χ2n) is 6.81. The van der Waals surface area contributed by atoms with E-state index >= 15 is 0 Å². The van der Waals surface area contributed by atoms with Crippen molar-refractivity contribution in [2.75, 3.05) is 19.7 Å². The number of aryl methyl sites for hydroxylation is 1. The van der Waals surface area contributed by atoms with Gasteiger partial charge in [0.15, 0.2) is 0 Å². The highest BCUT2D eigenvalue weighted by molar-refractivity contribution is 5.90. The van der Waals surface area contributed by atoms with E-state index in [1.165, 1.54) is 11.1 Å². The molecule has 0 bridgehead atoms. The number of nitrogens with one attached hydrogen (secondary N) is 1. The van der Waals surface area contributed by atoms with Gasteiger partial charge in [-0.2, -0.15) is 0 Å². The fourth-order valence-corrected chi connectivity index (χ4v) is 3.36. The summed E-state index contributed by atoms with van der Waals surface area (Å²) in [5.41, 5.74) is 2.46. The van der Waals surface area contributed by atoms with E-state index in [1.54, 1.807) is 0 Å². The van der Waals surface area contributed by atoms with E-state index < -0.39 is 0 Å². The van der Waals surface area contributed by atoms with Gasteiger partial charge in [-0.3, -0.25) is 9.59 Å². The number of rotatable bonds is 6. The van der Waals surface area contributed by atoms with Gasteiger partial charge >= 0.3 is 0 Å². The van der Waals surface area contributed by atoms with Crippen LogP contribution in [-0.4, -0.2) is 48.6 Å². The monoisotopic (exact) mass is 330 g/mol. The van der Waals surface area contributed by atoms with Gasteiger partial charge in [0.1, 0.15) is 6.04 Å². The summed E-state index contributed by atoms with van der Waals surface area (Å²) in [5, 5.41) is 2.79. The molecule has 3 rings (SSSR count). The standard InChI is InChI=1S/C19H26N2O3/c1-14-4-6-15(7-5-14)10-11-21(13-16-3-2-12-24-16)19(23)17-8-9-18(22)20-17/h4-7,16-17H,2-3,8-13H2,1H3,(H,20,22)/t16?,17-/m1/s1. The van der Waals surface area contributed by atoms with Crippen LogP contribution in [0, 0.1) is 6.92 Å². The number of ether oxygens (including phenoxy) is 1. The third kappa shape index (κ3) is 4.35. The number of nitrogens with zero attached hydrogens (tertiary/aromatic N) is 1. The summed E-state index contributed by atoms with van der Waals surface area (Å²) < 4.78 is 5.70. The van der Waals surface area contributed by atoms with E-state index in [-0.39, 0.29) is 24.0 Å². The average molecular weight is 330 g/mol. The molecule has 2 aliphatic rings.